The van der Waals surface area contributed by atoms with Gasteiger partial charge in [-0.1, -0.05) is 0 Å². The highest BCUT2D eigenvalue weighted by Crippen LogP contribution is 2.37. The number of fused-ring (bicyclic) bond motifs is 1. The van der Waals surface area contributed by atoms with E-state index in [1.807, 2.05) is 0 Å². The van der Waals surface area contributed by atoms with Gasteiger partial charge in [-0.15, -0.1) is 0 Å². The fraction of sp³-hybridized carbons (Fsp3) is 0.727. The molecule has 1 aromatic rings. The lowest BCUT2D eigenvalue weighted by Crippen LogP contribution is -2.22. The van der Waals surface area contributed by atoms with Crippen LogP contribution < -0.4 is 10.5 Å². The summed E-state index contributed by atoms with van der Waals surface area (Å²) in [6.45, 7) is 3.84. The molecule has 1 aliphatic heterocycles. The Bertz CT molecular complexity index is 393. The second kappa shape index (κ2) is 2.98. The second-order valence-electron chi connectivity index (χ2n) is 4.79. The number of nitrogens with two attached hydrogens (primary N) is 1. The van der Waals surface area contributed by atoms with E-state index in [0.717, 1.165) is 32.0 Å². The van der Waals surface area contributed by atoms with Gasteiger partial charge in [0.05, 0.1) is 12.2 Å². The van der Waals surface area contributed by atoms with Crippen LogP contribution in [0.4, 0.5) is 0 Å². The highest BCUT2D eigenvalue weighted by molar-refractivity contribution is 5.21. The fourth-order valence-corrected chi connectivity index (χ4v) is 2.17. The molecule has 1 aliphatic carbocycles. The highest BCUT2D eigenvalue weighted by Gasteiger charge is 2.37. The minimum atomic E-state index is 0.126. The molecular weight excluding hydrogens is 190 g/mol. The summed E-state index contributed by atoms with van der Waals surface area (Å²) in [5, 5.41) is 0. The lowest BCUT2D eigenvalue weighted by Gasteiger charge is -2.07. The zero-order valence-corrected chi connectivity index (χ0v) is 9.12. The van der Waals surface area contributed by atoms with Crippen molar-refractivity contribution >= 4 is 0 Å². The topological polar surface area (TPSA) is 53.1 Å². The summed E-state index contributed by atoms with van der Waals surface area (Å²) >= 11 is 0. The first kappa shape index (κ1) is 9.21. The molecule has 1 aromatic heterocycles. The predicted molar refractivity (Wildman–Crippen MR) is 56.9 cm³/mol. The molecule has 4 nitrogen and oxygen atoms in total. The Morgan fingerprint density at radius 1 is 1.53 bits per heavy atom. The third kappa shape index (κ3) is 1.53. The third-order valence-corrected chi connectivity index (χ3v) is 3.58. The lowest BCUT2D eigenvalue weighted by molar-refractivity contribution is 0.344. The first-order chi connectivity index (χ1) is 7.18. The van der Waals surface area contributed by atoms with Crippen LogP contribution in [0.5, 0.6) is 6.01 Å². The Morgan fingerprint density at radius 3 is 3.00 bits per heavy atom. The molecule has 0 saturated heterocycles. The van der Waals surface area contributed by atoms with Gasteiger partial charge < -0.3 is 10.5 Å². The quantitative estimate of drug-likeness (QED) is 0.804. The monoisotopic (exact) mass is 207 g/mol. The third-order valence-electron chi connectivity index (χ3n) is 3.58. The molecule has 2 heterocycles. The van der Waals surface area contributed by atoms with Gasteiger partial charge in [-0.25, -0.2) is 4.98 Å². The van der Waals surface area contributed by atoms with Crippen LogP contribution in [0.3, 0.4) is 0 Å². The van der Waals surface area contributed by atoms with Crippen LogP contribution in [-0.2, 0) is 13.0 Å². The maximum atomic E-state index is 6.07. The maximum absolute atomic E-state index is 6.07. The van der Waals surface area contributed by atoms with Crippen molar-refractivity contribution < 1.29 is 4.74 Å². The Labute approximate surface area is 89.4 Å². The van der Waals surface area contributed by atoms with Crippen molar-refractivity contribution in [2.75, 3.05) is 6.61 Å². The van der Waals surface area contributed by atoms with Gasteiger partial charge in [0.1, 0.15) is 6.61 Å². The molecule has 82 valence electrons. The largest absolute Gasteiger partial charge is 0.463 e. The molecule has 1 fully saturated rings. The Hall–Kier alpha value is -1.03. The number of aryl methyl sites for hydroxylation is 1. The SMILES string of the molecule is Cc1c(CCC2(N)CC2)nc2n1CCO2. The molecule has 0 radical (unpaired) electrons. The Balaban J connectivity index is 1.75. The van der Waals surface area contributed by atoms with Gasteiger partial charge >= 0.3 is 0 Å². The average molecular weight is 207 g/mol. The summed E-state index contributed by atoms with van der Waals surface area (Å²) in [5.74, 6) is 0. The number of aromatic nitrogens is 2. The van der Waals surface area contributed by atoms with Gasteiger partial charge in [0, 0.05) is 11.2 Å². The van der Waals surface area contributed by atoms with Gasteiger partial charge in [-0.05, 0) is 32.6 Å². The predicted octanol–water partition coefficient (Wildman–Crippen LogP) is 1.01. The molecule has 3 rings (SSSR count). The standard InChI is InChI=1S/C11H17N3O/c1-8-9(2-3-11(12)4-5-11)13-10-14(8)6-7-15-10/h2-7,12H2,1H3. The fourth-order valence-electron chi connectivity index (χ4n) is 2.17. The van der Waals surface area contributed by atoms with Gasteiger partial charge in [-0.2, -0.15) is 0 Å². The number of nitrogens with zero attached hydrogens (tertiary/aromatic N) is 2. The van der Waals surface area contributed by atoms with Crippen LogP contribution in [0.1, 0.15) is 30.7 Å². The van der Waals surface area contributed by atoms with Crippen LogP contribution in [0.15, 0.2) is 0 Å². The number of rotatable bonds is 3. The van der Waals surface area contributed by atoms with Gasteiger partial charge in [-0.3, -0.25) is 4.57 Å². The van der Waals surface area contributed by atoms with Crippen LogP contribution in [0.25, 0.3) is 0 Å². The van der Waals surface area contributed by atoms with Crippen molar-refractivity contribution in [2.24, 2.45) is 5.73 Å². The van der Waals surface area contributed by atoms with E-state index in [-0.39, 0.29) is 5.54 Å². The molecule has 2 aliphatic rings. The summed E-state index contributed by atoms with van der Waals surface area (Å²) in [7, 11) is 0. The van der Waals surface area contributed by atoms with E-state index in [1.165, 1.54) is 24.2 Å². The maximum Gasteiger partial charge on any atom is 0.296 e. The number of imidazole rings is 1. The minimum Gasteiger partial charge on any atom is -0.463 e. The van der Waals surface area contributed by atoms with E-state index in [2.05, 4.69) is 16.5 Å². The molecule has 0 atom stereocenters. The molecular formula is C11H17N3O. The van der Waals surface area contributed by atoms with Crippen LogP contribution in [0.2, 0.25) is 0 Å². The molecule has 0 aromatic carbocycles. The normalized spacial score (nSPS) is 21.2. The highest BCUT2D eigenvalue weighted by atomic mass is 16.5. The lowest BCUT2D eigenvalue weighted by atomic mass is 10.1. The zero-order valence-electron chi connectivity index (χ0n) is 9.12. The summed E-state index contributed by atoms with van der Waals surface area (Å²) in [6.07, 6.45) is 4.40. The Morgan fingerprint density at radius 2 is 2.33 bits per heavy atom. The van der Waals surface area contributed by atoms with Gasteiger partial charge in [0.25, 0.3) is 6.01 Å². The molecule has 0 bridgehead atoms. The summed E-state index contributed by atoms with van der Waals surface area (Å²) in [6, 6.07) is 0.796. The smallest absolute Gasteiger partial charge is 0.296 e. The number of ether oxygens (including phenoxy) is 1. The van der Waals surface area contributed by atoms with Crippen molar-refractivity contribution in [2.45, 2.75) is 44.7 Å². The summed E-state index contributed by atoms with van der Waals surface area (Å²) in [4.78, 5) is 4.51. The van der Waals surface area contributed by atoms with Crippen LogP contribution >= 0.6 is 0 Å². The van der Waals surface area contributed by atoms with E-state index in [4.69, 9.17) is 10.5 Å². The Kier molecular flexibility index (Phi) is 1.83. The average Bonchev–Trinajstić information content (AvgIpc) is 2.69. The van der Waals surface area contributed by atoms with E-state index in [0.29, 0.717) is 0 Å². The molecule has 2 N–H and O–H groups in total. The molecule has 0 unspecified atom stereocenters. The number of hydrogen-bond acceptors (Lipinski definition) is 3. The van der Waals surface area contributed by atoms with Crippen molar-refractivity contribution in [3.05, 3.63) is 11.4 Å². The molecule has 4 heteroatoms. The van der Waals surface area contributed by atoms with Crippen molar-refractivity contribution in [1.29, 1.82) is 0 Å². The second-order valence-corrected chi connectivity index (χ2v) is 4.79. The van der Waals surface area contributed by atoms with Crippen molar-refractivity contribution in [3.63, 3.8) is 0 Å². The van der Waals surface area contributed by atoms with Gasteiger partial charge in [0.15, 0.2) is 0 Å². The van der Waals surface area contributed by atoms with Crippen LogP contribution in [0, 0.1) is 6.92 Å². The van der Waals surface area contributed by atoms with E-state index in [9.17, 15) is 0 Å². The molecule has 0 spiro atoms. The van der Waals surface area contributed by atoms with E-state index < -0.39 is 0 Å². The molecule has 1 saturated carbocycles. The first-order valence-electron chi connectivity index (χ1n) is 5.66. The van der Waals surface area contributed by atoms with E-state index in [1.54, 1.807) is 0 Å². The minimum absolute atomic E-state index is 0.126. The zero-order chi connectivity index (χ0) is 10.5. The number of hydrogen-bond donors (Lipinski definition) is 1. The molecule has 15 heavy (non-hydrogen) atoms. The first-order valence-corrected chi connectivity index (χ1v) is 5.66. The van der Waals surface area contributed by atoms with Gasteiger partial charge in [0.2, 0.25) is 0 Å². The van der Waals surface area contributed by atoms with Crippen LogP contribution in [-0.4, -0.2) is 21.7 Å². The molecule has 0 amide bonds. The summed E-state index contributed by atoms with van der Waals surface area (Å²) < 4.78 is 7.59. The van der Waals surface area contributed by atoms with Crippen molar-refractivity contribution in [1.82, 2.24) is 9.55 Å². The van der Waals surface area contributed by atoms with E-state index >= 15 is 0 Å². The van der Waals surface area contributed by atoms with Crippen molar-refractivity contribution in [3.8, 4) is 6.01 Å². The summed E-state index contributed by atoms with van der Waals surface area (Å²) in [5.41, 5.74) is 8.62.